The van der Waals surface area contributed by atoms with Gasteiger partial charge in [-0.2, -0.15) is 26.3 Å². The molecule has 3 fully saturated rings. The fraction of sp³-hybridized carbons (Fsp3) is 1.00. The van der Waals surface area contributed by atoms with E-state index in [-0.39, 0.29) is 0 Å². The average molecular weight is 368 g/mol. The molecule has 3 aliphatic heterocycles. The molecule has 0 radical (unpaired) electrons. The molecule has 0 saturated carbocycles. The van der Waals surface area contributed by atoms with Crippen molar-refractivity contribution in [1.29, 1.82) is 0 Å². The van der Waals surface area contributed by atoms with Gasteiger partial charge in [-0.15, -0.1) is 0 Å². The maximum absolute atomic E-state index is 13.1. The number of aliphatic hydroxyl groups excluding tert-OH is 1. The van der Waals surface area contributed by atoms with E-state index >= 15 is 0 Å². The predicted octanol–water partition coefficient (Wildman–Crippen LogP) is 1.46. The first-order valence-corrected chi connectivity index (χ1v) is 6.89. The molecule has 0 aromatic heterocycles. The molecule has 3 saturated heterocycles. The Kier molecular flexibility index (Phi) is 3.74. The van der Waals surface area contributed by atoms with Crippen LogP contribution in [-0.4, -0.2) is 66.3 Å². The average Bonchev–Trinajstić information content (AvgIpc) is 2.92. The van der Waals surface area contributed by atoms with Crippen LogP contribution < -0.4 is 0 Å². The molecule has 0 unspecified atom stereocenters. The number of hydrogen-bond donors (Lipinski definition) is 1. The van der Waals surface area contributed by atoms with Gasteiger partial charge < -0.3 is 28.8 Å². The SMILES string of the molecule is CC1(C)O[C@H]2[C@@H]3OC(C(F)(F)F)(C(F)(F)F)O[C@@H]3CO[C@@]2(CO)O1. The monoisotopic (exact) mass is 368 g/mol. The van der Waals surface area contributed by atoms with Crippen LogP contribution in [0.1, 0.15) is 13.8 Å². The van der Waals surface area contributed by atoms with Gasteiger partial charge in [0.2, 0.25) is 5.79 Å². The highest BCUT2D eigenvalue weighted by molar-refractivity contribution is 5.06. The van der Waals surface area contributed by atoms with Gasteiger partial charge >= 0.3 is 18.1 Å². The van der Waals surface area contributed by atoms with E-state index in [1.54, 1.807) is 0 Å². The van der Waals surface area contributed by atoms with Gasteiger partial charge in [-0.25, -0.2) is 0 Å². The maximum Gasteiger partial charge on any atom is 0.453 e. The van der Waals surface area contributed by atoms with E-state index in [0.29, 0.717) is 0 Å². The first-order chi connectivity index (χ1) is 10.8. The number of halogens is 6. The Hall–Kier alpha value is -0.660. The predicted molar refractivity (Wildman–Crippen MR) is 60.4 cm³/mol. The summed E-state index contributed by atoms with van der Waals surface area (Å²) in [6.07, 6.45) is -16.8. The molecule has 6 nitrogen and oxygen atoms in total. The second kappa shape index (κ2) is 4.95. The Balaban J connectivity index is 1.99. The van der Waals surface area contributed by atoms with E-state index in [2.05, 4.69) is 9.47 Å². The third-order valence-electron chi connectivity index (χ3n) is 4.01. The van der Waals surface area contributed by atoms with Gasteiger partial charge in [-0.3, -0.25) is 0 Å². The molecule has 0 spiro atoms. The van der Waals surface area contributed by atoms with Crippen molar-refractivity contribution in [2.75, 3.05) is 13.2 Å². The summed E-state index contributed by atoms with van der Waals surface area (Å²) in [5.41, 5.74) is 0. The maximum atomic E-state index is 13.1. The third-order valence-corrected chi connectivity index (χ3v) is 4.01. The summed E-state index contributed by atoms with van der Waals surface area (Å²) in [5, 5.41) is 9.48. The summed E-state index contributed by atoms with van der Waals surface area (Å²) < 4.78 is 103. The van der Waals surface area contributed by atoms with E-state index < -0.39 is 61.2 Å². The van der Waals surface area contributed by atoms with E-state index in [0.717, 1.165) is 0 Å². The molecule has 3 rings (SSSR count). The Bertz CT molecular complexity index is 505. The van der Waals surface area contributed by atoms with Crippen LogP contribution in [0, 0.1) is 0 Å². The number of fused-ring (bicyclic) bond motifs is 3. The van der Waals surface area contributed by atoms with Gasteiger partial charge in [0.15, 0.2) is 5.79 Å². The third kappa shape index (κ3) is 2.35. The molecule has 3 aliphatic rings. The molecular weight excluding hydrogens is 354 g/mol. The minimum atomic E-state index is -5.88. The highest BCUT2D eigenvalue weighted by Gasteiger charge is 2.81. The summed E-state index contributed by atoms with van der Waals surface area (Å²) in [6, 6.07) is 0. The first-order valence-electron chi connectivity index (χ1n) is 6.89. The number of hydrogen-bond acceptors (Lipinski definition) is 6. The van der Waals surface area contributed by atoms with Crippen molar-refractivity contribution >= 4 is 0 Å². The fourth-order valence-corrected chi connectivity index (χ4v) is 3.10. The van der Waals surface area contributed by atoms with Crippen molar-refractivity contribution in [3.8, 4) is 0 Å². The molecule has 0 bridgehead atoms. The standard InChI is InChI=1S/C12H14F6O6/c1-8(2)23-7-6-5(3-20-9(7,4-19)24-8)21-10(22-6,11(13,14)15)12(16,17)18/h5-7,19H,3-4H2,1-2H3/t5-,6-,7+,9+/m1/s1. The van der Waals surface area contributed by atoms with Crippen LogP contribution in [0.3, 0.4) is 0 Å². The minimum absolute atomic E-state index is 0.699. The lowest BCUT2D eigenvalue weighted by Crippen LogP contribution is -2.60. The molecule has 12 heteroatoms. The molecule has 4 atom stereocenters. The largest absolute Gasteiger partial charge is 0.453 e. The van der Waals surface area contributed by atoms with Crippen LogP contribution in [0.25, 0.3) is 0 Å². The number of rotatable bonds is 1. The van der Waals surface area contributed by atoms with Crippen LogP contribution >= 0.6 is 0 Å². The minimum Gasteiger partial charge on any atom is -0.391 e. The van der Waals surface area contributed by atoms with Gasteiger partial charge in [-0.1, -0.05) is 0 Å². The smallest absolute Gasteiger partial charge is 0.391 e. The van der Waals surface area contributed by atoms with Crippen LogP contribution in [0.15, 0.2) is 0 Å². The lowest BCUT2D eigenvalue weighted by molar-refractivity contribution is -0.446. The van der Waals surface area contributed by atoms with Gasteiger partial charge in [0.05, 0.1) is 6.61 Å². The van der Waals surface area contributed by atoms with Gasteiger partial charge in [0, 0.05) is 0 Å². The molecule has 3 heterocycles. The highest BCUT2D eigenvalue weighted by atomic mass is 19.4. The Morgan fingerprint density at radius 2 is 1.58 bits per heavy atom. The fourth-order valence-electron chi connectivity index (χ4n) is 3.10. The zero-order valence-corrected chi connectivity index (χ0v) is 12.4. The van der Waals surface area contributed by atoms with Crippen molar-refractivity contribution in [3.05, 3.63) is 0 Å². The molecule has 0 aromatic carbocycles. The van der Waals surface area contributed by atoms with Gasteiger partial charge in [0.1, 0.15) is 24.9 Å². The Labute approximate surface area is 131 Å². The summed E-state index contributed by atoms with van der Waals surface area (Å²) in [5.74, 6) is -8.13. The van der Waals surface area contributed by atoms with E-state index in [1.807, 2.05) is 0 Å². The summed E-state index contributed by atoms with van der Waals surface area (Å²) in [4.78, 5) is 0. The first kappa shape index (κ1) is 18.1. The lowest BCUT2D eigenvalue weighted by Gasteiger charge is -2.39. The summed E-state index contributed by atoms with van der Waals surface area (Å²) in [6.45, 7) is 1.20. The van der Waals surface area contributed by atoms with Crippen molar-refractivity contribution in [2.24, 2.45) is 0 Å². The van der Waals surface area contributed by atoms with E-state index in [1.165, 1.54) is 13.8 Å². The Morgan fingerprint density at radius 1 is 1.00 bits per heavy atom. The van der Waals surface area contributed by atoms with E-state index in [9.17, 15) is 31.4 Å². The van der Waals surface area contributed by atoms with Crippen LogP contribution in [-0.2, 0) is 23.7 Å². The van der Waals surface area contributed by atoms with Crippen molar-refractivity contribution in [1.82, 2.24) is 0 Å². The van der Waals surface area contributed by atoms with Crippen molar-refractivity contribution in [3.63, 3.8) is 0 Å². The number of aliphatic hydroxyl groups is 1. The van der Waals surface area contributed by atoms with Gasteiger partial charge in [0.25, 0.3) is 0 Å². The summed E-state index contributed by atoms with van der Waals surface area (Å²) in [7, 11) is 0. The van der Waals surface area contributed by atoms with Crippen molar-refractivity contribution < 1.29 is 55.1 Å². The molecule has 1 N–H and O–H groups in total. The van der Waals surface area contributed by atoms with Crippen LogP contribution in [0.5, 0.6) is 0 Å². The normalized spacial score (nSPS) is 41.1. The molecule has 140 valence electrons. The lowest BCUT2D eigenvalue weighted by atomic mass is 9.98. The Morgan fingerprint density at radius 3 is 2.08 bits per heavy atom. The molecule has 0 aromatic rings. The molecular formula is C12H14F6O6. The van der Waals surface area contributed by atoms with Crippen LogP contribution in [0.2, 0.25) is 0 Å². The summed E-state index contributed by atoms with van der Waals surface area (Å²) >= 11 is 0. The molecule has 24 heavy (non-hydrogen) atoms. The number of alkyl halides is 6. The van der Waals surface area contributed by atoms with Gasteiger partial charge in [-0.05, 0) is 13.8 Å². The molecule has 0 aliphatic carbocycles. The van der Waals surface area contributed by atoms with Crippen LogP contribution in [0.4, 0.5) is 26.3 Å². The van der Waals surface area contributed by atoms with Crippen molar-refractivity contribution in [2.45, 2.75) is 61.9 Å². The zero-order chi connectivity index (χ0) is 18.2. The quantitative estimate of drug-likeness (QED) is 0.707. The zero-order valence-electron chi connectivity index (χ0n) is 12.4. The van der Waals surface area contributed by atoms with E-state index in [4.69, 9.17) is 14.2 Å². The number of ether oxygens (including phenoxy) is 5. The molecule has 0 amide bonds. The second-order valence-corrected chi connectivity index (χ2v) is 6.17. The highest BCUT2D eigenvalue weighted by Crippen LogP contribution is 2.55. The second-order valence-electron chi connectivity index (χ2n) is 6.17. The topological polar surface area (TPSA) is 66.4 Å².